The smallest absolute Gasteiger partial charge is 0.227 e. The summed E-state index contributed by atoms with van der Waals surface area (Å²) in [7, 11) is 0. The van der Waals surface area contributed by atoms with Crippen LogP contribution in [0, 0.1) is 0 Å². The van der Waals surface area contributed by atoms with Gasteiger partial charge in [-0.05, 0) is 51.2 Å². The molecule has 32 heavy (non-hydrogen) atoms. The van der Waals surface area contributed by atoms with Crippen molar-refractivity contribution in [2.75, 3.05) is 45.9 Å². The number of rotatable bonds is 4. The van der Waals surface area contributed by atoms with Crippen LogP contribution in [0.25, 0.3) is 10.9 Å². The molecule has 6 heteroatoms. The number of aromatic amines is 1. The number of likely N-dealkylation sites (tertiary alicyclic amines) is 1. The number of amides is 1. The van der Waals surface area contributed by atoms with Gasteiger partial charge in [0.2, 0.25) is 5.91 Å². The molecule has 0 saturated carbocycles. The zero-order valence-corrected chi connectivity index (χ0v) is 19.7. The third-order valence-corrected chi connectivity index (χ3v) is 8.11. The summed E-state index contributed by atoms with van der Waals surface area (Å²) in [4.78, 5) is 23.7. The van der Waals surface area contributed by atoms with Gasteiger partial charge in [0, 0.05) is 75.1 Å². The average Bonchev–Trinajstić information content (AvgIpc) is 3.22. The van der Waals surface area contributed by atoms with Crippen molar-refractivity contribution < 1.29 is 9.53 Å². The van der Waals surface area contributed by atoms with Gasteiger partial charge in [0.25, 0.3) is 0 Å². The number of piperazine rings is 1. The third kappa shape index (κ3) is 4.45. The van der Waals surface area contributed by atoms with Crippen molar-refractivity contribution in [1.82, 2.24) is 19.7 Å². The second-order valence-electron chi connectivity index (χ2n) is 10.3. The van der Waals surface area contributed by atoms with Crippen molar-refractivity contribution in [1.29, 1.82) is 0 Å². The summed E-state index contributed by atoms with van der Waals surface area (Å²) >= 11 is 0. The molecule has 1 amide bonds. The summed E-state index contributed by atoms with van der Waals surface area (Å²) in [6.45, 7) is 11.8. The SMILES string of the molecule is CC(C)N1CCN([C@H]2CCOC3(CCN(C(=O)Cc4c[nH]c5ccccc45)CC3)C2)CC1. The molecule has 5 rings (SSSR count). The van der Waals surface area contributed by atoms with Gasteiger partial charge >= 0.3 is 0 Å². The standard InChI is InChI=1S/C26H38N4O2/c1-20(2)28-12-14-29(15-13-28)22-7-16-32-26(18-22)8-10-30(11-9-26)25(31)17-21-19-27-24-6-4-3-5-23(21)24/h3-6,19-20,22,27H,7-18H2,1-2H3/t22-/m0/s1. The number of benzene rings is 1. The maximum absolute atomic E-state index is 13.0. The van der Waals surface area contributed by atoms with E-state index in [-0.39, 0.29) is 11.5 Å². The molecule has 2 aromatic rings. The second kappa shape index (κ2) is 9.16. The van der Waals surface area contributed by atoms with Gasteiger partial charge in [-0.3, -0.25) is 14.6 Å². The lowest BCUT2D eigenvalue weighted by molar-refractivity contribution is -0.150. The number of hydrogen-bond donors (Lipinski definition) is 1. The van der Waals surface area contributed by atoms with E-state index >= 15 is 0 Å². The first-order chi connectivity index (χ1) is 15.5. The minimum Gasteiger partial charge on any atom is -0.375 e. The zero-order chi connectivity index (χ0) is 22.1. The van der Waals surface area contributed by atoms with Crippen LogP contribution >= 0.6 is 0 Å². The van der Waals surface area contributed by atoms with Crippen LogP contribution in [0.5, 0.6) is 0 Å². The average molecular weight is 439 g/mol. The lowest BCUT2D eigenvalue weighted by Crippen LogP contribution is -2.58. The minimum atomic E-state index is -0.0321. The number of hydrogen-bond acceptors (Lipinski definition) is 4. The maximum Gasteiger partial charge on any atom is 0.227 e. The van der Waals surface area contributed by atoms with Crippen molar-refractivity contribution >= 4 is 16.8 Å². The fraction of sp³-hybridized carbons (Fsp3) is 0.654. The minimum absolute atomic E-state index is 0.0321. The summed E-state index contributed by atoms with van der Waals surface area (Å²) in [6, 6.07) is 9.49. The van der Waals surface area contributed by atoms with E-state index in [1.807, 2.05) is 18.3 Å². The van der Waals surface area contributed by atoms with Gasteiger partial charge in [-0.15, -0.1) is 0 Å². The highest BCUT2D eigenvalue weighted by Gasteiger charge is 2.43. The highest BCUT2D eigenvalue weighted by Crippen LogP contribution is 2.37. The first-order valence-corrected chi connectivity index (χ1v) is 12.5. The molecule has 1 spiro atoms. The van der Waals surface area contributed by atoms with Gasteiger partial charge in [0.05, 0.1) is 12.0 Å². The monoisotopic (exact) mass is 438 g/mol. The molecular formula is C26H38N4O2. The normalized spacial score (nSPS) is 25.1. The lowest BCUT2D eigenvalue weighted by Gasteiger charge is -2.50. The van der Waals surface area contributed by atoms with Crippen molar-refractivity contribution in [2.24, 2.45) is 0 Å². The number of carbonyl (C=O) groups is 1. The summed E-state index contributed by atoms with van der Waals surface area (Å²) in [5.41, 5.74) is 2.17. The first kappa shape index (κ1) is 21.9. The van der Waals surface area contributed by atoms with Gasteiger partial charge in [-0.2, -0.15) is 0 Å². The van der Waals surface area contributed by atoms with E-state index in [2.05, 4.69) is 45.7 Å². The molecule has 0 radical (unpaired) electrons. The molecule has 6 nitrogen and oxygen atoms in total. The number of ether oxygens (including phenoxy) is 1. The quantitative estimate of drug-likeness (QED) is 0.796. The van der Waals surface area contributed by atoms with Crippen LogP contribution in [0.1, 0.15) is 45.1 Å². The Morgan fingerprint density at radius 3 is 2.62 bits per heavy atom. The van der Waals surface area contributed by atoms with Gasteiger partial charge in [0.15, 0.2) is 0 Å². The van der Waals surface area contributed by atoms with Gasteiger partial charge in [-0.1, -0.05) is 18.2 Å². The second-order valence-corrected chi connectivity index (χ2v) is 10.3. The Labute approximate surface area is 191 Å². The molecule has 0 aliphatic carbocycles. The number of H-pyrrole nitrogens is 1. The number of para-hydroxylation sites is 1. The predicted octanol–water partition coefficient (Wildman–Crippen LogP) is 3.28. The van der Waals surface area contributed by atoms with Crippen LogP contribution in [-0.4, -0.2) is 89.2 Å². The fourth-order valence-electron chi connectivity index (χ4n) is 6.00. The molecule has 4 heterocycles. The highest BCUT2D eigenvalue weighted by molar-refractivity contribution is 5.88. The van der Waals surface area contributed by atoms with Crippen LogP contribution in [0.2, 0.25) is 0 Å². The van der Waals surface area contributed by atoms with E-state index < -0.39 is 0 Å². The van der Waals surface area contributed by atoms with E-state index in [1.165, 1.54) is 26.2 Å². The van der Waals surface area contributed by atoms with Crippen LogP contribution in [-0.2, 0) is 16.0 Å². The molecule has 0 unspecified atom stereocenters. The molecule has 1 aromatic heterocycles. The van der Waals surface area contributed by atoms with Crippen molar-refractivity contribution in [3.63, 3.8) is 0 Å². The van der Waals surface area contributed by atoms with Gasteiger partial charge in [0.1, 0.15) is 0 Å². The molecule has 174 valence electrons. The van der Waals surface area contributed by atoms with Crippen LogP contribution in [0.3, 0.4) is 0 Å². The molecule has 3 aliphatic heterocycles. The van der Waals surface area contributed by atoms with Crippen molar-refractivity contribution in [3.8, 4) is 0 Å². The number of fused-ring (bicyclic) bond motifs is 1. The Hall–Kier alpha value is -1.89. The summed E-state index contributed by atoms with van der Waals surface area (Å²) in [6.07, 6.45) is 6.67. The Balaban J connectivity index is 1.15. The molecule has 1 N–H and O–H groups in total. The summed E-state index contributed by atoms with van der Waals surface area (Å²) < 4.78 is 6.40. The first-order valence-electron chi connectivity index (χ1n) is 12.5. The molecule has 1 aromatic carbocycles. The van der Waals surface area contributed by atoms with E-state index in [0.29, 0.717) is 18.5 Å². The van der Waals surface area contributed by atoms with Crippen molar-refractivity contribution in [3.05, 3.63) is 36.0 Å². The van der Waals surface area contributed by atoms with Crippen LogP contribution in [0.15, 0.2) is 30.5 Å². The molecule has 1 atom stereocenters. The number of carbonyl (C=O) groups excluding carboxylic acids is 1. The fourth-order valence-corrected chi connectivity index (χ4v) is 6.00. The van der Waals surface area contributed by atoms with Crippen LogP contribution < -0.4 is 0 Å². The van der Waals surface area contributed by atoms with Gasteiger partial charge < -0.3 is 14.6 Å². The number of aromatic nitrogens is 1. The zero-order valence-electron chi connectivity index (χ0n) is 19.7. The maximum atomic E-state index is 13.0. The number of piperidine rings is 1. The Morgan fingerprint density at radius 2 is 1.88 bits per heavy atom. The molecule has 3 aliphatic rings. The Bertz CT molecular complexity index is 923. The molecule has 3 saturated heterocycles. The number of nitrogens with zero attached hydrogens (tertiary/aromatic N) is 3. The Kier molecular flexibility index (Phi) is 6.28. The summed E-state index contributed by atoms with van der Waals surface area (Å²) in [5.74, 6) is 0.238. The Morgan fingerprint density at radius 1 is 1.12 bits per heavy atom. The summed E-state index contributed by atoms with van der Waals surface area (Å²) in [5, 5.41) is 1.16. The van der Waals surface area contributed by atoms with E-state index in [4.69, 9.17) is 4.74 Å². The van der Waals surface area contributed by atoms with Crippen LogP contribution in [0.4, 0.5) is 0 Å². The molecule has 3 fully saturated rings. The third-order valence-electron chi connectivity index (χ3n) is 8.11. The lowest BCUT2D eigenvalue weighted by atomic mass is 9.81. The largest absolute Gasteiger partial charge is 0.375 e. The molecular weight excluding hydrogens is 400 g/mol. The van der Waals surface area contributed by atoms with Gasteiger partial charge in [-0.25, -0.2) is 0 Å². The van der Waals surface area contributed by atoms with Crippen molar-refractivity contribution in [2.45, 2.75) is 63.6 Å². The molecule has 0 bridgehead atoms. The highest BCUT2D eigenvalue weighted by atomic mass is 16.5. The topological polar surface area (TPSA) is 51.8 Å². The number of nitrogens with one attached hydrogen (secondary N) is 1. The van der Waals surface area contributed by atoms with E-state index in [9.17, 15) is 4.79 Å². The van der Waals surface area contributed by atoms with E-state index in [0.717, 1.165) is 61.8 Å². The van der Waals surface area contributed by atoms with E-state index in [1.54, 1.807) is 0 Å². The predicted molar refractivity (Wildman–Crippen MR) is 128 cm³/mol.